The molecule has 0 amide bonds. The molecular formula is C17H29NO3. The maximum Gasteiger partial charge on any atom is 0.111 e. The van der Waals surface area contributed by atoms with Gasteiger partial charge in [0.05, 0.1) is 25.1 Å². The summed E-state index contributed by atoms with van der Waals surface area (Å²) in [6.07, 6.45) is 13.4. The average Bonchev–Trinajstić information content (AvgIpc) is 2.56. The van der Waals surface area contributed by atoms with Crippen LogP contribution in [-0.4, -0.2) is 56.1 Å². The summed E-state index contributed by atoms with van der Waals surface area (Å²) in [6, 6.07) is 0. The molecule has 21 heavy (non-hydrogen) atoms. The van der Waals surface area contributed by atoms with E-state index < -0.39 is 0 Å². The molecule has 0 bridgehead atoms. The molecule has 0 radical (unpaired) electrons. The third-order valence-corrected chi connectivity index (χ3v) is 4.81. The Morgan fingerprint density at radius 3 is 2.67 bits per heavy atom. The van der Waals surface area contributed by atoms with E-state index in [4.69, 9.17) is 14.2 Å². The molecule has 2 atom stereocenters. The van der Waals surface area contributed by atoms with Crippen molar-refractivity contribution in [3.8, 4) is 0 Å². The van der Waals surface area contributed by atoms with Gasteiger partial charge in [-0.15, -0.1) is 0 Å². The molecule has 0 N–H and O–H groups in total. The topological polar surface area (TPSA) is 30.9 Å². The van der Waals surface area contributed by atoms with Crippen molar-refractivity contribution in [2.24, 2.45) is 0 Å². The number of allylic oxidation sites excluding steroid dienone is 1. The summed E-state index contributed by atoms with van der Waals surface area (Å²) in [7, 11) is 0. The lowest BCUT2D eigenvalue weighted by Crippen LogP contribution is -2.42. The summed E-state index contributed by atoms with van der Waals surface area (Å²) in [5, 5.41) is 0. The van der Waals surface area contributed by atoms with Crippen molar-refractivity contribution < 1.29 is 14.2 Å². The molecule has 0 unspecified atom stereocenters. The van der Waals surface area contributed by atoms with Crippen LogP contribution in [0.25, 0.3) is 0 Å². The van der Waals surface area contributed by atoms with Gasteiger partial charge < -0.3 is 14.2 Å². The molecule has 3 heterocycles. The predicted octanol–water partition coefficient (Wildman–Crippen LogP) is 2.73. The second kappa shape index (κ2) is 8.16. The minimum Gasteiger partial charge on any atom is -0.497 e. The maximum absolute atomic E-state index is 6.07. The van der Waals surface area contributed by atoms with Gasteiger partial charge in [0, 0.05) is 26.2 Å². The first kappa shape index (κ1) is 15.3. The summed E-state index contributed by atoms with van der Waals surface area (Å²) in [6.45, 7) is 5.06. The van der Waals surface area contributed by atoms with Gasteiger partial charge in [-0.25, -0.2) is 0 Å². The number of piperidine rings is 1. The summed E-state index contributed by atoms with van der Waals surface area (Å²) >= 11 is 0. The number of nitrogens with zero attached hydrogens (tertiary/aromatic N) is 1. The normalized spacial score (nSPS) is 32.0. The molecule has 120 valence electrons. The van der Waals surface area contributed by atoms with E-state index in [1.165, 1.54) is 19.3 Å². The monoisotopic (exact) mass is 295 g/mol. The van der Waals surface area contributed by atoms with Crippen LogP contribution in [0.3, 0.4) is 0 Å². The molecule has 2 fully saturated rings. The Morgan fingerprint density at radius 1 is 1.05 bits per heavy atom. The molecule has 0 aromatic carbocycles. The van der Waals surface area contributed by atoms with Crippen LogP contribution >= 0.6 is 0 Å². The highest BCUT2D eigenvalue weighted by Crippen LogP contribution is 2.19. The lowest BCUT2D eigenvalue weighted by Gasteiger charge is -2.35. The van der Waals surface area contributed by atoms with Crippen LogP contribution in [0.5, 0.6) is 0 Å². The lowest BCUT2D eigenvalue weighted by atomic mass is 10.1. The first-order chi connectivity index (χ1) is 10.4. The van der Waals surface area contributed by atoms with Gasteiger partial charge in [0.15, 0.2) is 0 Å². The van der Waals surface area contributed by atoms with Crippen molar-refractivity contribution >= 4 is 0 Å². The molecule has 4 nitrogen and oxygen atoms in total. The van der Waals surface area contributed by atoms with Gasteiger partial charge in [0.1, 0.15) is 6.10 Å². The fraction of sp³-hybridized carbons (Fsp3) is 0.882. The van der Waals surface area contributed by atoms with Crippen LogP contribution < -0.4 is 0 Å². The van der Waals surface area contributed by atoms with Gasteiger partial charge in [-0.05, 0) is 51.0 Å². The zero-order valence-electron chi connectivity index (χ0n) is 13.0. The Bertz CT molecular complexity index is 320. The average molecular weight is 295 g/mol. The Balaban J connectivity index is 1.30. The predicted molar refractivity (Wildman–Crippen MR) is 82.3 cm³/mol. The highest BCUT2D eigenvalue weighted by Gasteiger charge is 2.24. The third-order valence-electron chi connectivity index (χ3n) is 4.81. The molecule has 3 aliphatic heterocycles. The largest absolute Gasteiger partial charge is 0.497 e. The summed E-state index contributed by atoms with van der Waals surface area (Å²) in [5.74, 6) is 0. The van der Waals surface area contributed by atoms with Crippen molar-refractivity contribution in [2.75, 3.05) is 32.8 Å². The highest BCUT2D eigenvalue weighted by molar-refractivity contribution is 4.84. The zero-order chi connectivity index (χ0) is 14.3. The van der Waals surface area contributed by atoms with Crippen LogP contribution in [0, 0.1) is 0 Å². The highest BCUT2D eigenvalue weighted by atomic mass is 16.5. The second-order valence-electron chi connectivity index (χ2n) is 6.53. The second-order valence-corrected chi connectivity index (χ2v) is 6.53. The van der Waals surface area contributed by atoms with Crippen molar-refractivity contribution in [1.82, 2.24) is 4.90 Å². The van der Waals surface area contributed by atoms with E-state index in [9.17, 15) is 0 Å². The molecule has 0 saturated carbocycles. The molecule has 3 rings (SSSR count). The summed E-state index contributed by atoms with van der Waals surface area (Å²) in [5.41, 5.74) is 0. The third kappa shape index (κ3) is 4.97. The van der Waals surface area contributed by atoms with Crippen molar-refractivity contribution in [3.05, 3.63) is 12.3 Å². The van der Waals surface area contributed by atoms with E-state index in [0.717, 1.165) is 58.5 Å². The van der Waals surface area contributed by atoms with Crippen LogP contribution in [0.4, 0.5) is 0 Å². The van der Waals surface area contributed by atoms with E-state index in [2.05, 4.69) is 11.0 Å². The minimum absolute atomic E-state index is 0.346. The van der Waals surface area contributed by atoms with Crippen LogP contribution in [-0.2, 0) is 14.2 Å². The van der Waals surface area contributed by atoms with Gasteiger partial charge >= 0.3 is 0 Å². The number of ether oxygens (including phenoxy) is 3. The SMILES string of the molecule is C1=CO[C@@H](CN2CCC(OC[C@@H]3CCCCO3)CC2)CC1. The van der Waals surface area contributed by atoms with Gasteiger partial charge in [0.2, 0.25) is 0 Å². The molecular weight excluding hydrogens is 266 g/mol. The van der Waals surface area contributed by atoms with E-state index in [1.807, 2.05) is 6.26 Å². The Hall–Kier alpha value is -0.580. The summed E-state index contributed by atoms with van der Waals surface area (Å²) < 4.78 is 17.5. The Kier molecular flexibility index (Phi) is 5.95. The number of hydrogen-bond donors (Lipinski definition) is 0. The van der Waals surface area contributed by atoms with Crippen molar-refractivity contribution in [3.63, 3.8) is 0 Å². The van der Waals surface area contributed by atoms with Crippen LogP contribution in [0.15, 0.2) is 12.3 Å². The fourth-order valence-electron chi connectivity index (χ4n) is 3.45. The van der Waals surface area contributed by atoms with Gasteiger partial charge in [-0.3, -0.25) is 4.90 Å². The van der Waals surface area contributed by atoms with Gasteiger partial charge in [-0.2, -0.15) is 0 Å². The van der Waals surface area contributed by atoms with Crippen molar-refractivity contribution in [2.45, 2.75) is 63.3 Å². The minimum atomic E-state index is 0.346. The molecule has 0 aromatic heterocycles. The molecule has 0 aliphatic carbocycles. The molecule has 2 saturated heterocycles. The van der Waals surface area contributed by atoms with E-state index in [1.54, 1.807) is 0 Å². The van der Waals surface area contributed by atoms with Crippen LogP contribution in [0.1, 0.15) is 44.9 Å². The number of likely N-dealkylation sites (tertiary alicyclic amines) is 1. The van der Waals surface area contributed by atoms with Crippen LogP contribution in [0.2, 0.25) is 0 Å². The Labute approximate surface area is 128 Å². The van der Waals surface area contributed by atoms with E-state index in [-0.39, 0.29) is 0 Å². The lowest BCUT2D eigenvalue weighted by molar-refractivity contribution is -0.0767. The molecule has 3 aliphatic rings. The first-order valence-electron chi connectivity index (χ1n) is 8.66. The first-order valence-corrected chi connectivity index (χ1v) is 8.66. The summed E-state index contributed by atoms with van der Waals surface area (Å²) in [4.78, 5) is 2.53. The molecule has 4 heteroatoms. The number of hydrogen-bond acceptors (Lipinski definition) is 4. The van der Waals surface area contributed by atoms with Gasteiger partial charge in [0.25, 0.3) is 0 Å². The van der Waals surface area contributed by atoms with E-state index >= 15 is 0 Å². The molecule has 0 aromatic rings. The van der Waals surface area contributed by atoms with Crippen molar-refractivity contribution in [1.29, 1.82) is 0 Å². The Morgan fingerprint density at radius 2 is 1.95 bits per heavy atom. The molecule has 0 spiro atoms. The quantitative estimate of drug-likeness (QED) is 0.780. The number of rotatable bonds is 5. The maximum atomic E-state index is 6.07. The standard InChI is InChI=1S/C17H29NO3/c1-3-11-19-16(5-1)13-18-9-7-15(8-10-18)21-14-17-6-2-4-12-20-17/h3,11,15-17H,1-2,4-10,12-14H2/t16-,17+/m1/s1. The smallest absolute Gasteiger partial charge is 0.111 e. The zero-order valence-corrected chi connectivity index (χ0v) is 13.0. The fourth-order valence-corrected chi connectivity index (χ4v) is 3.45. The van der Waals surface area contributed by atoms with E-state index in [0.29, 0.717) is 18.3 Å². The van der Waals surface area contributed by atoms with Gasteiger partial charge in [-0.1, -0.05) is 0 Å².